The van der Waals surface area contributed by atoms with Crippen molar-refractivity contribution >= 4 is 21.8 Å². The van der Waals surface area contributed by atoms with Crippen LogP contribution in [-0.4, -0.2) is 36.8 Å². The van der Waals surface area contributed by atoms with Gasteiger partial charge in [-0.1, -0.05) is 29.8 Å². The minimum absolute atomic E-state index is 0.0529. The fourth-order valence-corrected chi connectivity index (χ4v) is 5.48. The average molecular weight is 454 g/mol. The Morgan fingerprint density at radius 3 is 2.47 bits per heavy atom. The van der Waals surface area contributed by atoms with Gasteiger partial charge in [-0.15, -0.1) is 0 Å². The zero-order valence-corrected chi connectivity index (χ0v) is 18.5. The fraction of sp³-hybridized carbons (Fsp3) is 0.240. The van der Waals surface area contributed by atoms with E-state index in [1.165, 1.54) is 18.2 Å². The van der Waals surface area contributed by atoms with Crippen molar-refractivity contribution < 1.29 is 22.0 Å². The lowest BCUT2D eigenvalue weighted by molar-refractivity contribution is -0.128. The van der Waals surface area contributed by atoms with Crippen molar-refractivity contribution in [3.8, 4) is 11.3 Å². The van der Waals surface area contributed by atoms with Gasteiger partial charge in [-0.05, 0) is 61.4 Å². The smallest absolute Gasteiger partial charge is 0.247 e. The lowest BCUT2D eigenvalue weighted by Crippen LogP contribution is -2.39. The van der Waals surface area contributed by atoms with Crippen LogP contribution in [0.2, 0.25) is 0 Å². The molecule has 1 amide bonds. The average Bonchev–Trinajstić information content (AvgIpc) is 3.38. The van der Waals surface area contributed by atoms with Crippen LogP contribution in [0.3, 0.4) is 0 Å². The molecule has 1 fully saturated rings. The zero-order chi connectivity index (χ0) is 22.7. The highest BCUT2D eigenvalue weighted by atomic mass is 32.2. The number of sulfone groups is 1. The summed E-state index contributed by atoms with van der Waals surface area (Å²) in [5.74, 6) is 0.505. The van der Waals surface area contributed by atoms with Crippen LogP contribution in [0.25, 0.3) is 17.4 Å². The van der Waals surface area contributed by atoms with Gasteiger partial charge in [0.1, 0.15) is 17.3 Å². The van der Waals surface area contributed by atoms with E-state index < -0.39 is 15.9 Å². The van der Waals surface area contributed by atoms with Crippen LogP contribution >= 0.6 is 0 Å². The lowest BCUT2D eigenvalue weighted by Gasteiger charge is -2.26. The Balaban J connectivity index is 1.55. The summed E-state index contributed by atoms with van der Waals surface area (Å²) in [6.45, 7) is 2.14. The van der Waals surface area contributed by atoms with Crippen molar-refractivity contribution in [2.24, 2.45) is 0 Å². The van der Waals surface area contributed by atoms with Crippen LogP contribution < -0.4 is 0 Å². The number of nitrogens with zero attached hydrogens (tertiary/aromatic N) is 1. The number of benzene rings is 2. The van der Waals surface area contributed by atoms with E-state index in [-0.39, 0.29) is 29.8 Å². The number of rotatable bonds is 6. The molecule has 1 saturated heterocycles. The molecule has 0 bridgehead atoms. The predicted octanol–water partition coefficient (Wildman–Crippen LogP) is 4.62. The Labute approximate surface area is 187 Å². The third kappa shape index (κ3) is 5.34. The van der Waals surface area contributed by atoms with Gasteiger partial charge in [-0.3, -0.25) is 4.79 Å². The minimum atomic E-state index is -3.16. The highest BCUT2D eigenvalue weighted by Gasteiger charge is 2.34. The van der Waals surface area contributed by atoms with Gasteiger partial charge in [0, 0.05) is 17.7 Å². The van der Waals surface area contributed by atoms with Gasteiger partial charge in [-0.2, -0.15) is 0 Å². The van der Waals surface area contributed by atoms with E-state index in [4.69, 9.17) is 4.42 Å². The largest absolute Gasteiger partial charge is 0.459 e. The topological polar surface area (TPSA) is 67.6 Å². The molecule has 0 N–H and O–H groups in total. The third-order valence-corrected chi connectivity index (χ3v) is 7.29. The maximum absolute atomic E-state index is 13.2. The van der Waals surface area contributed by atoms with Gasteiger partial charge in [0.15, 0.2) is 9.84 Å². The van der Waals surface area contributed by atoms with E-state index in [0.29, 0.717) is 17.9 Å². The van der Waals surface area contributed by atoms with E-state index in [9.17, 15) is 17.6 Å². The summed E-state index contributed by atoms with van der Waals surface area (Å²) in [6, 6.07) is 16.8. The number of aryl methyl sites for hydroxylation is 1. The van der Waals surface area contributed by atoms with Crippen LogP contribution in [0, 0.1) is 12.7 Å². The number of amides is 1. The number of hydrogen-bond acceptors (Lipinski definition) is 4. The van der Waals surface area contributed by atoms with Crippen molar-refractivity contribution in [2.75, 3.05) is 11.5 Å². The highest BCUT2D eigenvalue weighted by Crippen LogP contribution is 2.26. The molecule has 1 aliphatic rings. The summed E-state index contributed by atoms with van der Waals surface area (Å²) in [6.07, 6.45) is 3.60. The van der Waals surface area contributed by atoms with Crippen molar-refractivity contribution in [1.29, 1.82) is 0 Å². The molecular formula is C25H24FNO4S. The summed E-state index contributed by atoms with van der Waals surface area (Å²) in [5.41, 5.74) is 2.74. The van der Waals surface area contributed by atoms with Crippen molar-refractivity contribution in [1.82, 2.24) is 4.90 Å². The Morgan fingerprint density at radius 1 is 1.09 bits per heavy atom. The van der Waals surface area contributed by atoms with E-state index in [1.807, 2.05) is 31.2 Å². The van der Waals surface area contributed by atoms with Crippen LogP contribution in [0.1, 0.15) is 23.3 Å². The highest BCUT2D eigenvalue weighted by molar-refractivity contribution is 7.91. The summed E-state index contributed by atoms with van der Waals surface area (Å²) in [5, 5.41) is 0. The number of hydrogen-bond donors (Lipinski definition) is 0. The van der Waals surface area contributed by atoms with E-state index in [2.05, 4.69) is 0 Å². The molecule has 1 aliphatic heterocycles. The Hall–Kier alpha value is -3.19. The molecule has 0 saturated carbocycles. The number of halogens is 1. The van der Waals surface area contributed by atoms with Crippen molar-refractivity contribution in [3.63, 3.8) is 0 Å². The van der Waals surface area contributed by atoms with Crippen molar-refractivity contribution in [3.05, 3.63) is 89.4 Å². The van der Waals surface area contributed by atoms with Gasteiger partial charge in [0.2, 0.25) is 5.91 Å². The molecule has 0 radical (unpaired) electrons. The molecule has 0 unspecified atom stereocenters. The van der Waals surface area contributed by atoms with Crippen molar-refractivity contribution in [2.45, 2.75) is 25.9 Å². The minimum Gasteiger partial charge on any atom is -0.459 e. The monoisotopic (exact) mass is 453 g/mol. The van der Waals surface area contributed by atoms with E-state index >= 15 is 0 Å². The van der Waals surface area contributed by atoms with Crippen LogP contribution in [0.15, 0.2) is 71.2 Å². The van der Waals surface area contributed by atoms with E-state index in [0.717, 1.165) is 16.7 Å². The molecule has 1 atom stereocenters. The Kier molecular flexibility index (Phi) is 6.28. The molecule has 7 heteroatoms. The lowest BCUT2D eigenvalue weighted by atomic mass is 10.1. The molecule has 5 nitrogen and oxygen atoms in total. The quantitative estimate of drug-likeness (QED) is 0.511. The molecule has 32 heavy (non-hydrogen) atoms. The first-order chi connectivity index (χ1) is 15.3. The maximum Gasteiger partial charge on any atom is 0.247 e. The number of carbonyl (C=O) groups is 1. The molecule has 3 aromatic rings. The molecule has 2 heterocycles. The van der Waals surface area contributed by atoms with Gasteiger partial charge in [0.05, 0.1) is 18.1 Å². The second kappa shape index (κ2) is 9.12. The molecule has 4 rings (SSSR count). The third-order valence-electron chi connectivity index (χ3n) is 5.54. The second-order valence-corrected chi connectivity index (χ2v) is 10.3. The second-order valence-electron chi connectivity index (χ2n) is 8.04. The maximum atomic E-state index is 13.2. The Bertz CT molecular complexity index is 1230. The SMILES string of the molecule is Cc1ccc(/C=C/C(=O)N(Cc2ccc(-c3ccc(F)cc3)o2)[C@H]2CCS(=O)(=O)C2)cc1. The summed E-state index contributed by atoms with van der Waals surface area (Å²) < 4.78 is 43.2. The molecule has 2 aromatic carbocycles. The standard InChI is InChI=1S/C25H24FNO4S/c1-18-2-4-19(5-3-18)6-13-25(28)27(22-14-15-32(29,30)17-22)16-23-11-12-24(31-23)20-7-9-21(26)10-8-20/h2-13,22H,14-17H2,1H3/b13-6+/t22-/m0/s1. The predicted molar refractivity (Wildman–Crippen MR) is 122 cm³/mol. The number of furan rings is 1. The molecular weight excluding hydrogens is 429 g/mol. The van der Waals surface area contributed by atoms with Crippen LogP contribution in [-0.2, 0) is 21.2 Å². The first-order valence-corrected chi connectivity index (χ1v) is 12.2. The molecule has 0 spiro atoms. The fourth-order valence-electron chi connectivity index (χ4n) is 3.75. The Morgan fingerprint density at radius 2 is 1.81 bits per heavy atom. The van der Waals surface area contributed by atoms with Crippen LogP contribution in [0.4, 0.5) is 4.39 Å². The summed E-state index contributed by atoms with van der Waals surface area (Å²) >= 11 is 0. The van der Waals surface area contributed by atoms with Gasteiger partial charge >= 0.3 is 0 Å². The van der Waals surface area contributed by atoms with Gasteiger partial charge in [0.25, 0.3) is 0 Å². The zero-order valence-electron chi connectivity index (χ0n) is 17.7. The summed E-state index contributed by atoms with van der Waals surface area (Å²) in [7, 11) is -3.16. The summed E-state index contributed by atoms with van der Waals surface area (Å²) in [4.78, 5) is 14.6. The first-order valence-electron chi connectivity index (χ1n) is 10.4. The first kappa shape index (κ1) is 22.0. The van der Waals surface area contributed by atoms with Gasteiger partial charge < -0.3 is 9.32 Å². The van der Waals surface area contributed by atoms with E-state index in [1.54, 1.807) is 35.2 Å². The van der Waals surface area contributed by atoms with Gasteiger partial charge in [-0.25, -0.2) is 12.8 Å². The number of carbonyl (C=O) groups excluding carboxylic acids is 1. The molecule has 0 aliphatic carbocycles. The molecule has 166 valence electrons. The normalized spacial score (nSPS) is 17.6. The molecule has 1 aromatic heterocycles. The van der Waals surface area contributed by atoms with Crippen LogP contribution in [0.5, 0.6) is 0 Å².